The van der Waals surface area contributed by atoms with Gasteiger partial charge in [0.25, 0.3) is 10.0 Å². The molecule has 0 saturated carbocycles. The minimum Gasteiger partial charge on any atom is -0.399 e. The van der Waals surface area contributed by atoms with Crippen LogP contribution in [0.5, 0.6) is 0 Å². The van der Waals surface area contributed by atoms with E-state index in [1.807, 2.05) is 0 Å². The second-order valence-corrected chi connectivity index (χ2v) is 6.45. The Kier molecular flexibility index (Phi) is 4.02. The zero-order valence-electron chi connectivity index (χ0n) is 11.2. The highest BCUT2D eigenvalue weighted by Gasteiger charge is 2.22. The monoisotopic (exact) mass is 330 g/mol. The largest absolute Gasteiger partial charge is 0.399 e. The molecular weight excluding hydrogens is 319 g/mol. The van der Waals surface area contributed by atoms with Gasteiger partial charge in [-0.3, -0.25) is 0 Å². The Labute approximate surface area is 126 Å². The fourth-order valence-electron chi connectivity index (χ4n) is 1.71. The third kappa shape index (κ3) is 3.40. The average Bonchev–Trinajstić information content (AvgIpc) is 2.31. The van der Waals surface area contributed by atoms with Crippen LogP contribution in [0.25, 0.3) is 0 Å². The first-order valence-corrected chi connectivity index (χ1v) is 7.65. The van der Waals surface area contributed by atoms with Gasteiger partial charge in [-0.2, -0.15) is 0 Å². The van der Waals surface area contributed by atoms with Crippen LogP contribution in [-0.2, 0) is 10.0 Å². The van der Waals surface area contributed by atoms with Crippen LogP contribution in [-0.4, -0.2) is 18.4 Å². The number of rotatable bonds is 3. The molecular formula is C12H12ClFN4O2S. The molecule has 0 aliphatic carbocycles. The van der Waals surface area contributed by atoms with Gasteiger partial charge in [0.1, 0.15) is 15.9 Å². The van der Waals surface area contributed by atoms with Crippen LogP contribution in [0.15, 0.2) is 23.1 Å². The van der Waals surface area contributed by atoms with Gasteiger partial charge in [-0.05, 0) is 37.6 Å². The topological polar surface area (TPSA) is 98.0 Å². The van der Waals surface area contributed by atoms with Crippen molar-refractivity contribution >= 4 is 33.3 Å². The number of aryl methyl sites for hydroxylation is 2. The number of nitrogens with two attached hydrogens (primary N) is 1. The Morgan fingerprint density at radius 3 is 2.52 bits per heavy atom. The van der Waals surface area contributed by atoms with Crippen LogP contribution in [0.3, 0.4) is 0 Å². The molecule has 0 spiro atoms. The van der Waals surface area contributed by atoms with Gasteiger partial charge in [-0.1, -0.05) is 11.6 Å². The third-order valence-electron chi connectivity index (χ3n) is 2.58. The van der Waals surface area contributed by atoms with E-state index in [4.69, 9.17) is 17.3 Å². The number of nitrogen functional groups attached to an aromatic ring is 1. The van der Waals surface area contributed by atoms with Crippen molar-refractivity contribution in [3.05, 3.63) is 40.4 Å². The first kappa shape index (κ1) is 15.5. The Balaban J connectivity index is 2.48. The SMILES string of the molecule is Cc1cc(Cl)nc(NS(=O)(=O)c2cc(N)cc(C)c2F)n1. The highest BCUT2D eigenvalue weighted by atomic mass is 35.5. The van der Waals surface area contributed by atoms with Gasteiger partial charge in [0.2, 0.25) is 5.95 Å². The van der Waals surface area contributed by atoms with Crippen LogP contribution in [0.4, 0.5) is 16.0 Å². The first-order valence-electron chi connectivity index (χ1n) is 5.78. The van der Waals surface area contributed by atoms with Crippen molar-refractivity contribution in [2.75, 3.05) is 10.5 Å². The van der Waals surface area contributed by atoms with Crippen molar-refractivity contribution in [3.63, 3.8) is 0 Å². The summed E-state index contributed by atoms with van der Waals surface area (Å²) in [4.78, 5) is 7.04. The Morgan fingerprint density at radius 2 is 1.90 bits per heavy atom. The summed E-state index contributed by atoms with van der Waals surface area (Å²) < 4.78 is 40.5. The minimum atomic E-state index is -4.21. The highest BCUT2D eigenvalue weighted by molar-refractivity contribution is 7.92. The second-order valence-electron chi connectivity index (χ2n) is 4.41. The lowest BCUT2D eigenvalue weighted by molar-refractivity contribution is 0.565. The van der Waals surface area contributed by atoms with Crippen molar-refractivity contribution in [2.24, 2.45) is 0 Å². The lowest BCUT2D eigenvalue weighted by atomic mass is 10.2. The van der Waals surface area contributed by atoms with Gasteiger partial charge >= 0.3 is 0 Å². The third-order valence-corrected chi connectivity index (χ3v) is 4.10. The fraction of sp³-hybridized carbons (Fsp3) is 0.167. The number of hydrogen-bond donors (Lipinski definition) is 2. The number of benzene rings is 1. The molecule has 0 aliphatic rings. The molecule has 21 heavy (non-hydrogen) atoms. The second kappa shape index (κ2) is 5.45. The maximum absolute atomic E-state index is 14.0. The molecule has 0 radical (unpaired) electrons. The first-order chi connectivity index (χ1) is 9.69. The molecule has 0 amide bonds. The molecule has 1 heterocycles. The molecule has 0 fully saturated rings. The summed E-state index contributed by atoms with van der Waals surface area (Å²) >= 11 is 5.73. The van der Waals surface area contributed by atoms with Gasteiger partial charge in [0.15, 0.2) is 0 Å². The predicted molar refractivity (Wildman–Crippen MR) is 78.1 cm³/mol. The van der Waals surface area contributed by atoms with E-state index in [1.165, 1.54) is 19.1 Å². The quantitative estimate of drug-likeness (QED) is 0.664. The maximum atomic E-state index is 14.0. The summed E-state index contributed by atoms with van der Waals surface area (Å²) in [5.41, 5.74) is 6.28. The number of aromatic nitrogens is 2. The van der Waals surface area contributed by atoms with Crippen LogP contribution in [0, 0.1) is 19.7 Å². The lowest BCUT2D eigenvalue weighted by Crippen LogP contribution is -2.17. The Hall–Kier alpha value is -1.93. The van der Waals surface area contributed by atoms with Gasteiger partial charge in [0.05, 0.1) is 0 Å². The van der Waals surface area contributed by atoms with Gasteiger partial charge < -0.3 is 5.73 Å². The number of anilines is 2. The molecule has 2 aromatic rings. The van der Waals surface area contributed by atoms with E-state index >= 15 is 0 Å². The number of nitrogens with one attached hydrogen (secondary N) is 1. The number of sulfonamides is 1. The summed E-state index contributed by atoms with van der Waals surface area (Å²) in [6.07, 6.45) is 0. The van der Waals surface area contributed by atoms with E-state index in [0.717, 1.165) is 6.07 Å². The molecule has 0 atom stereocenters. The highest BCUT2D eigenvalue weighted by Crippen LogP contribution is 2.23. The fourth-order valence-corrected chi connectivity index (χ4v) is 3.08. The standard InChI is InChI=1S/C12H12ClFN4O2S/c1-6-3-8(15)5-9(11(6)14)21(19,20)18-12-16-7(2)4-10(13)17-12/h3-5H,15H2,1-2H3,(H,16,17,18). The molecule has 3 N–H and O–H groups in total. The van der Waals surface area contributed by atoms with E-state index in [9.17, 15) is 12.8 Å². The number of nitrogens with zero attached hydrogens (tertiary/aromatic N) is 2. The van der Waals surface area contributed by atoms with E-state index in [1.54, 1.807) is 6.92 Å². The maximum Gasteiger partial charge on any atom is 0.267 e. The van der Waals surface area contributed by atoms with Gasteiger partial charge in [-0.15, -0.1) is 0 Å². The normalized spacial score (nSPS) is 11.4. The molecule has 0 bridgehead atoms. The summed E-state index contributed by atoms with van der Waals surface area (Å²) in [7, 11) is -4.21. The molecule has 0 aliphatic heterocycles. The molecule has 112 valence electrons. The van der Waals surface area contributed by atoms with Crippen molar-refractivity contribution in [1.82, 2.24) is 9.97 Å². The van der Waals surface area contributed by atoms with Crippen molar-refractivity contribution < 1.29 is 12.8 Å². The molecule has 0 unspecified atom stereocenters. The van der Waals surface area contributed by atoms with Crippen LogP contribution >= 0.6 is 11.6 Å². The zero-order valence-corrected chi connectivity index (χ0v) is 12.8. The van der Waals surface area contributed by atoms with E-state index in [-0.39, 0.29) is 22.4 Å². The number of halogens is 2. The summed E-state index contributed by atoms with van der Waals surface area (Å²) in [6.45, 7) is 3.04. The average molecular weight is 331 g/mol. The Morgan fingerprint density at radius 1 is 1.24 bits per heavy atom. The van der Waals surface area contributed by atoms with Crippen LogP contribution in [0.1, 0.15) is 11.3 Å². The molecule has 1 aromatic heterocycles. The predicted octanol–water partition coefficient (Wildman–Crippen LogP) is 2.27. The summed E-state index contributed by atoms with van der Waals surface area (Å²) in [6, 6.07) is 3.83. The Bertz CT molecular complexity index is 791. The molecule has 9 heteroatoms. The van der Waals surface area contributed by atoms with E-state index < -0.39 is 20.7 Å². The van der Waals surface area contributed by atoms with E-state index in [0.29, 0.717) is 5.69 Å². The van der Waals surface area contributed by atoms with Crippen LogP contribution < -0.4 is 10.5 Å². The lowest BCUT2D eigenvalue weighted by Gasteiger charge is -2.10. The van der Waals surface area contributed by atoms with Gasteiger partial charge in [-0.25, -0.2) is 27.5 Å². The molecule has 0 saturated heterocycles. The molecule has 1 aromatic carbocycles. The smallest absolute Gasteiger partial charge is 0.267 e. The molecule has 6 nitrogen and oxygen atoms in total. The zero-order chi connectivity index (χ0) is 15.8. The van der Waals surface area contributed by atoms with Crippen molar-refractivity contribution in [2.45, 2.75) is 18.7 Å². The van der Waals surface area contributed by atoms with Crippen molar-refractivity contribution in [1.29, 1.82) is 0 Å². The van der Waals surface area contributed by atoms with Gasteiger partial charge in [0, 0.05) is 11.4 Å². The van der Waals surface area contributed by atoms with Crippen molar-refractivity contribution in [3.8, 4) is 0 Å². The minimum absolute atomic E-state index is 0.0735. The van der Waals surface area contributed by atoms with Crippen LogP contribution in [0.2, 0.25) is 5.15 Å². The summed E-state index contributed by atoms with van der Waals surface area (Å²) in [5, 5.41) is 0.0735. The molecule has 2 rings (SSSR count). The number of hydrogen-bond acceptors (Lipinski definition) is 5. The van der Waals surface area contributed by atoms with E-state index in [2.05, 4.69) is 14.7 Å². The summed E-state index contributed by atoms with van der Waals surface area (Å²) in [5.74, 6) is -1.12.